The van der Waals surface area contributed by atoms with E-state index in [0.717, 1.165) is 6.41 Å². The van der Waals surface area contributed by atoms with Crippen LogP contribution in [0.5, 0.6) is 0 Å². The van der Waals surface area contributed by atoms with E-state index in [1.54, 1.807) is 34.1 Å². The maximum absolute atomic E-state index is 12.6. The normalized spacial score (nSPS) is 15.2. The first-order chi connectivity index (χ1) is 10.2. The molecule has 21 heavy (non-hydrogen) atoms. The Hall–Kier alpha value is -2.70. The van der Waals surface area contributed by atoms with Gasteiger partial charge >= 0.3 is 0 Å². The van der Waals surface area contributed by atoms with Gasteiger partial charge < -0.3 is 9.80 Å². The lowest BCUT2D eigenvalue weighted by atomic mass is 10.1. The van der Waals surface area contributed by atoms with Gasteiger partial charge in [0.15, 0.2) is 5.69 Å². The lowest BCUT2D eigenvalue weighted by Crippen LogP contribution is -2.48. The third-order valence-electron chi connectivity index (χ3n) is 3.65. The molecule has 0 spiro atoms. The Balaban J connectivity index is 1.94. The van der Waals surface area contributed by atoms with Crippen molar-refractivity contribution in [2.75, 3.05) is 26.2 Å². The van der Waals surface area contributed by atoms with E-state index in [1.165, 1.54) is 0 Å². The highest BCUT2D eigenvalue weighted by molar-refractivity contribution is 6.04. The number of hydrogen-bond acceptors (Lipinski definition) is 4. The van der Waals surface area contributed by atoms with Crippen LogP contribution < -0.4 is 5.56 Å². The van der Waals surface area contributed by atoms with E-state index >= 15 is 0 Å². The number of aromatic nitrogens is 2. The van der Waals surface area contributed by atoms with Crippen LogP contribution in [0.4, 0.5) is 0 Å². The Morgan fingerprint density at radius 1 is 1.14 bits per heavy atom. The molecule has 2 aromatic rings. The van der Waals surface area contributed by atoms with Crippen molar-refractivity contribution in [3.8, 4) is 0 Å². The molecule has 7 heteroatoms. The van der Waals surface area contributed by atoms with Crippen molar-refractivity contribution >= 4 is 23.1 Å². The fourth-order valence-corrected chi connectivity index (χ4v) is 2.46. The zero-order chi connectivity index (χ0) is 14.8. The minimum Gasteiger partial charge on any atom is -0.342 e. The summed E-state index contributed by atoms with van der Waals surface area (Å²) in [6.07, 6.45) is 0.787. The molecule has 1 aliphatic rings. The number of aromatic amines is 1. The molecule has 1 fully saturated rings. The molecule has 0 atom stereocenters. The molecule has 0 unspecified atom stereocenters. The van der Waals surface area contributed by atoms with Crippen molar-refractivity contribution in [2.45, 2.75) is 0 Å². The summed E-state index contributed by atoms with van der Waals surface area (Å²) in [5, 5.41) is 7.26. The molecule has 108 valence electrons. The van der Waals surface area contributed by atoms with Crippen LogP contribution in [-0.4, -0.2) is 58.5 Å². The minimum absolute atomic E-state index is 0.229. The number of carbonyl (C=O) groups is 2. The third kappa shape index (κ3) is 2.37. The highest BCUT2D eigenvalue weighted by atomic mass is 16.2. The van der Waals surface area contributed by atoms with Gasteiger partial charge in [-0.05, 0) is 6.07 Å². The molecule has 0 saturated carbocycles. The predicted molar refractivity (Wildman–Crippen MR) is 75.9 cm³/mol. The van der Waals surface area contributed by atoms with E-state index in [9.17, 15) is 14.4 Å². The molecule has 7 nitrogen and oxygen atoms in total. The minimum atomic E-state index is -0.312. The van der Waals surface area contributed by atoms with Crippen molar-refractivity contribution in [3.63, 3.8) is 0 Å². The average Bonchev–Trinajstić information content (AvgIpc) is 2.55. The third-order valence-corrected chi connectivity index (χ3v) is 3.65. The van der Waals surface area contributed by atoms with Crippen LogP contribution in [0.3, 0.4) is 0 Å². The predicted octanol–water partition coefficient (Wildman–Crippen LogP) is -0.163. The fraction of sp³-hybridized carbons (Fsp3) is 0.286. The van der Waals surface area contributed by atoms with Crippen LogP contribution in [0.15, 0.2) is 29.1 Å². The van der Waals surface area contributed by atoms with Gasteiger partial charge in [-0.2, -0.15) is 5.10 Å². The number of carbonyl (C=O) groups excluding carboxylic acids is 2. The average molecular weight is 286 g/mol. The maximum atomic E-state index is 12.6. The number of fused-ring (bicyclic) bond motifs is 1. The number of amides is 2. The molecule has 1 aliphatic heterocycles. The summed E-state index contributed by atoms with van der Waals surface area (Å²) < 4.78 is 0. The lowest BCUT2D eigenvalue weighted by molar-refractivity contribution is -0.119. The van der Waals surface area contributed by atoms with Gasteiger partial charge in [0.05, 0.1) is 5.39 Å². The van der Waals surface area contributed by atoms with Gasteiger partial charge in [-0.25, -0.2) is 5.10 Å². The Morgan fingerprint density at radius 2 is 1.81 bits per heavy atom. The topological polar surface area (TPSA) is 86.4 Å². The number of benzene rings is 1. The molecule has 0 aliphatic carbocycles. The number of nitrogens with one attached hydrogen (secondary N) is 1. The van der Waals surface area contributed by atoms with Crippen molar-refractivity contribution < 1.29 is 9.59 Å². The molecular weight excluding hydrogens is 272 g/mol. The molecule has 3 rings (SSSR count). The van der Waals surface area contributed by atoms with Crippen LogP contribution in [0.2, 0.25) is 0 Å². The molecule has 1 aromatic heterocycles. The standard InChI is InChI=1S/C14H14N4O3/c19-9-17-5-7-18(8-6-17)14(21)12-10-3-1-2-4-11(10)13(20)16-15-12/h1-4,9H,5-8H2,(H,16,20). The number of piperazine rings is 1. The van der Waals surface area contributed by atoms with E-state index in [0.29, 0.717) is 37.0 Å². The second-order valence-corrected chi connectivity index (χ2v) is 4.88. The first-order valence-electron chi connectivity index (χ1n) is 6.67. The molecule has 2 amide bonds. The highest BCUT2D eigenvalue weighted by Gasteiger charge is 2.24. The van der Waals surface area contributed by atoms with Gasteiger partial charge in [-0.1, -0.05) is 18.2 Å². The van der Waals surface area contributed by atoms with E-state index in [-0.39, 0.29) is 17.2 Å². The first kappa shape index (κ1) is 13.3. The number of hydrogen-bond donors (Lipinski definition) is 1. The zero-order valence-electron chi connectivity index (χ0n) is 11.3. The highest BCUT2D eigenvalue weighted by Crippen LogP contribution is 2.15. The Labute approximate surface area is 120 Å². The second kappa shape index (κ2) is 5.35. The molecule has 0 radical (unpaired) electrons. The molecule has 1 saturated heterocycles. The summed E-state index contributed by atoms with van der Waals surface area (Å²) in [6.45, 7) is 1.95. The van der Waals surface area contributed by atoms with E-state index in [4.69, 9.17) is 0 Å². The Morgan fingerprint density at radius 3 is 2.48 bits per heavy atom. The Kier molecular flexibility index (Phi) is 3.39. The van der Waals surface area contributed by atoms with Gasteiger partial charge in [0, 0.05) is 31.6 Å². The Bertz CT molecular complexity index is 747. The summed E-state index contributed by atoms with van der Waals surface area (Å²) >= 11 is 0. The van der Waals surface area contributed by atoms with E-state index < -0.39 is 0 Å². The summed E-state index contributed by atoms with van der Waals surface area (Å²) in [7, 11) is 0. The number of H-pyrrole nitrogens is 1. The first-order valence-corrected chi connectivity index (χ1v) is 6.67. The SMILES string of the molecule is O=CN1CCN(C(=O)c2n[nH]c(=O)c3ccccc23)CC1. The number of rotatable bonds is 2. The summed E-state index contributed by atoms with van der Waals surface area (Å²) in [5.41, 5.74) is -0.0716. The van der Waals surface area contributed by atoms with Crippen LogP contribution in [0, 0.1) is 0 Å². The number of nitrogens with zero attached hydrogens (tertiary/aromatic N) is 3. The van der Waals surface area contributed by atoms with Gasteiger partial charge in [0.25, 0.3) is 11.5 Å². The smallest absolute Gasteiger partial charge is 0.275 e. The summed E-state index contributed by atoms with van der Waals surface area (Å²) in [5.74, 6) is -0.229. The summed E-state index contributed by atoms with van der Waals surface area (Å²) in [4.78, 5) is 38.2. The second-order valence-electron chi connectivity index (χ2n) is 4.88. The van der Waals surface area contributed by atoms with Crippen LogP contribution >= 0.6 is 0 Å². The largest absolute Gasteiger partial charge is 0.342 e. The van der Waals surface area contributed by atoms with Gasteiger partial charge in [-0.3, -0.25) is 14.4 Å². The van der Waals surface area contributed by atoms with Crippen molar-refractivity contribution in [2.24, 2.45) is 0 Å². The van der Waals surface area contributed by atoms with Crippen LogP contribution in [0.25, 0.3) is 10.8 Å². The molecule has 2 heterocycles. The summed E-state index contributed by atoms with van der Waals surface area (Å²) in [6, 6.07) is 6.89. The van der Waals surface area contributed by atoms with Gasteiger partial charge in [-0.15, -0.1) is 0 Å². The van der Waals surface area contributed by atoms with Crippen LogP contribution in [-0.2, 0) is 4.79 Å². The maximum Gasteiger partial charge on any atom is 0.275 e. The quantitative estimate of drug-likeness (QED) is 0.777. The van der Waals surface area contributed by atoms with Crippen molar-refractivity contribution in [1.82, 2.24) is 20.0 Å². The van der Waals surface area contributed by atoms with Gasteiger partial charge in [0.2, 0.25) is 6.41 Å². The molecule has 0 bridgehead atoms. The van der Waals surface area contributed by atoms with Gasteiger partial charge in [0.1, 0.15) is 0 Å². The van der Waals surface area contributed by atoms with Crippen molar-refractivity contribution in [1.29, 1.82) is 0 Å². The van der Waals surface area contributed by atoms with Crippen LogP contribution in [0.1, 0.15) is 10.5 Å². The lowest BCUT2D eigenvalue weighted by Gasteiger charge is -2.32. The van der Waals surface area contributed by atoms with E-state index in [1.807, 2.05) is 0 Å². The van der Waals surface area contributed by atoms with Crippen molar-refractivity contribution in [3.05, 3.63) is 40.3 Å². The molecule has 1 aromatic carbocycles. The van der Waals surface area contributed by atoms with E-state index in [2.05, 4.69) is 10.2 Å². The fourth-order valence-electron chi connectivity index (χ4n) is 2.46. The molecule has 1 N–H and O–H groups in total. The zero-order valence-corrected chi connectivity index (χ0v) is 11.3. The molecular formula is C14H14N4O3. The monoisotopic (exact) mass is 286 g/mol.